The van der Waals surface area contributed by atoms with E-state index >= 15 is 0 Å². The Labute approximate surface area is 264 Å². The van der Waals surface area contributed by atoms with E-state index in [1.807, 2.05) is 20.7 Å². The monoisotopic (exact) mass is 702 g/mol. The SMILES string of the molecule is C[Si](C)(C)c1cc2c(s1)-c1sc([Si](C)(C)C)cc1[Si]1(C)c3cc([Si](C)(C)C)sc3-c3sc([Si](C)(C)C)cc3[Si]21C. The van der Waals surface area contributed by atoms with Crippen LogP contribution in [0, 0.1) is 0 Å². The lowest BCUT2D eigenvalue weighted by Gasteiger charge is -2.50. The van der Waals surface area contributed by atoms with Crippen LogP contribution in [0.3, 0.4) is 0 Å². The van der Waals surface area contributed by atoms with Gasteiger partial charge in [0.1, 0.15) is 15.2 Å². The van der Waals surface area contributed by atoms with Crippen LogP contribution in [0.1, 0.15) is 0 Å². The highest BCUT2D eigenvalue weighted by molar-refractivity contribution is 7.64. The molecule has 0 radical (unpaired) electrons. The van der Waals surface area contributed by atoms with Crippen LogP contribution in [0.5, 0.6) is 0 Å². The van der Waals surface area contributed by atoms with E-state index in [2.05, 4.69) is 161 Å². The van der Waals surface area contributed by atoms with E-state index in [1.54, 1.807) is 37.5 Å². The Hall–Kier alpha value is 0.101. The third-order valence-electron chi connectivity index (χ3n) is 9.45. The first-order valence-electron chi connectivity index (χ1n) is 14.7. The van der Waals surface area contributed by atoms with E-state index in [1.165, 1.54) is 0 Å². The molecule has 0 amide bonds. The third-order valence-corrected chi connectivity index (χ3v) is 46.5. The third kappa shape index (κ3) is 4.10. The zero-order valence-corrected chi connectivity index (χ0v) is 36.2. The summed E-state index contributed by atoms with van der Waals surface area (Å²) in [6.07, 6.45) is 0. The molecule has 2 aliphatic heterocycles. The second-order valence-corrected chi connectivity index (χ2v) is 55.1. The molecule has 0 unspecified atom stereocenters. The maximum atomic E-state index is 2.85. The van der Waals surface area contributed by atoms with Gasteiger partial charge in [-0.25, -0.2) is 0 Å². The topological polar surface area (TPSA) is 0 Å². The quantitative estimate of drug-likeness (QED) is 0.221. The van der Waals surface area contributed by atoms with E-state index in [-0.39, 0.29) is 0 Å². The molecule has 0 N–H and O–H groups in total. The Morgan fingerprint density at radius 1 is 0.375 bits per heavy atom. The van der Waals surface area contributed by atoms with E-state index in [0.29, 0.717) is 0 Å². The van der Waals surface area contributed by atoms with Crippen LogP contribution in [0.25, 0.3) is 19.5 Å². The summed E-state index contributed by atoms with van der Waals surface area (Å²) < 4.78 is 6.89. The highest BCUT2D eigenvalue weighted by atomic mass is 32.1. The molecule has 0 saturated heterocycles. The molecule has 0 saturated carbocycles. The Morgan fingerprint density at radius 3 is 0.700 bits per heavy atom. The summed E-state index contributed by atoms with van der Waals surface area (Å²) in [6.45, 7) is 36.4. The summed E-state index contributed by atoms with van der Waals surface area (Å²) in [7, 11) is -9.90. The average Bonchev–Trinajstić information content (AvgIpc) is 3.56. The Bertz CT molecular complexity index is 1430. The van der Waals surface area contributed by atoms with Gasteiger partial charge in [-0.05, 0) is 38.7 Å². The highest BCUT2D eigenvalue weighted by Gasteiger charge is 2.63. The van der Waals surface area contributed by atoms with Gasteiger partial charge >= 0.3 is 0 Å². The lowest BCUT2D eigenvalue weighted by atomic mass is 10.3. The van der Waals surface area contributed by atoms with Crippen LogP contribution in [0.15, 0.2) is 24.3 Å². The van der Waals surface area contributed by atoms with Crippen molar-refractivity contribution in [2.45, 2.75) is 91.7 Å². The first-order valence-corrected chi connectivity index (χ1v) is 38.0. The fourth-order valence-electron chi connectivity index (χ4n) is 6.57. The van der Waals surface area contributed by atoms with Gasteiger partial charge < -0.3 is 0 Å². The largest absolute Gasteiger partial charge is 0.144 e. The molecule has 6 heterocycles. The van der Waals surface area contributed by atoms with E-state index in [4.69, 9.17) is 0 Å². The van der Waals surface area contributed by atoms with Crippen molar-refractivity contribution in [3.8, 4) is 19.5 Å². The Kier molecular flexibility index (Phi) is 6.67. The first-order chi connectivity index (χ1) is 18.1. The van der Waals surface area contributed by atoms with Crippen LogP contribution in [0.2, 0.25) is 91.7 Å². The molecule has 0 atom stereocenters. The summed E-state index contributed by atoms with van der Waals surface area (Å²) in [5, 5.41) is 7.31. The zero-order chi connectivity index (χ0) is 29.6. The summed E-state index contributed by atoms with van der Waals surface area (Å²) in [4.78, 5) is 6.77. The molecule has 2 aliphatic rings. The van der Waals surface area contributed by atoms with Gasteiger partial charge in [-0.15, -0.1) is 45.3 Å². The molecule has 0 aromatic carbocycles. The van der Waals surface area contributed by atoms with E-state index < -0.39 is 47.5 Å². The summed E-state index contributed by atoms with van der Waals surface area (Å²) >= 11 is 8.82. The van der Waals surface area contributed by atoms with Crippen LogP contribution >= 0.6 is 45.3 Å². The molecule has 4 aromatic rings. The molecule has 4 aromatic heterocycles. The molecule has 6 rings (SSSR count). The molecular weight excluding hydrogens is 657 g/mol. The maximum Gasteiger partial charge on any atom is 0.122 e. The lowest BCUT2D eigenvalue weighted by molar-refractivity contribution is 1.75. The highest BCUT2D eigenvalue weighted by Crippen LogP contribution is 2.44. The van der Waals surface area contributed by atoms with Gasteiger partial charge in [0.15, 0.2) is 0 Å². The predicted molar refractivity (Wildman–Crippen MR) is 209 cm³/mol. The van der Waals surface area contributed by atoms with Crippen molar-refractivity contribution >= 4 is 132 Å². The minimum Gasteiger partial charge on any atom is -0.144 e. The molecule has 0 aliphatic carbocycles. The Morgan fingerprint density at radius 2 is 0.550 bits per heavy atom. The van der Waals surface area contributed by atoms with Crippen molar-refractivity contribution < 1.29 is 0 Å². The van der Waals surface area contributed by atoms with Crippen LogP contribution in [0.4, 0.5) is 0 Å². The van der Waals surface area contributed by atoms with Gasteiger partial charge in [0.25, 0.3) is 0 Å². The van der Waals surface area contributed by atoms with Crippen molar-refractivity contribution in [2.75, 3.05) is 0 Å². The molecule has 0 spiro atoms. The predicted octanol–water partition coefficient (Wildman–Crippen LogP) is 6.24. The van der Waals surface area contributed by atoms with Gasteiger partial charge in [0.05, 0.1) is 32.3 Å². The molecular formula is C30H46S4Si6. The number of fused-ring (bicyclic) bond motifs is 11. The second kappa shape index (κ2) is 8.85. The lowest BCUT2D eigenvalue weighted by Crippen LogP contribution is -2.86. The normalized spacial score (nSPS) is 22.4. The summed E-state index contributed by atoms with van der Waals surface area (Å²) in [6, 6.07) is 11.2. The molecule has 0 fully saturated rings. The molecule has 10 heteroatoms. The van der Waals surface area contributed by atoms with Gasteiger partial charge in [-0.3, -0.25) is 0 Å². The van der Waals surface area contributed by atoms with E-state index in [0.717, 1.165) is 0 Å². The van der Waals surface area contributed by atoms with Crippen LogP contribution in [-0.4, -0.2) is 47.5 Å². The average molecular weight is 703 g/mol. The maximum absolute atomic E-state index is 2.85. The van der Waals surface area contributed by atoms with Crippen molar-refractivity contribution in [3.63, 3.8) is 0 Å². The van der Waals surface area contributed by atoms with Gasteiger partial charge in [0.2, 0.25) is 0 Å². The van der Waals surface area contributed by atoms with Crippen molar-refractivity contribution in [1.82, 2.24) is 0 Å². The second-order valence-electron chi connectivity index (χ2n) is 16.7. The van der Waals surface area contributed by atoms with Crippen LogP contribution < -0.4 is 38.7 Å². The zero-order valence-electron chi connectivity index (χ0n) is 26.9. The number of rotatable bonds is 4. The molecule has 214 valence electrons. The Balaban J connectivity index is 1.80. The number of thiophene rings is 4. The van der Waals surface area contributed by atoms with E-state index in [9.17, 15) is 0 Å². The van der Waals surface area contributed by atoms with Crippen molar-refractivity contribution in [2.24, 2.45) is 0 Å². The number of hydrogen-bond donors (Lipinski definition) is 0. The smallest absolute Gasteiger partial charge is 0.122 e. The molecule has 0 nitrogen and oxygen atoms in total. The summed E-state index contributed by atoms with van der Waals surface area (Å²) in [5.74, 6) is 0. The van der Waals surface area contributed by atoms with Crippen molar-refractivity contribution in [1.29, 1.82) is 0 Å². The fourth-order valence-corrected chi connectivity index (χ4v) is 39.7. The van der Waals surface area contributed by atoms with Crippen molar-refractivity contribution in [3.05, 3.63) is 24.3 Å². The fraction of sp³-hybridized carbons (Fsp3) is 0.467. The molecule has 0 bridgehead atoms. The van der Waals surface area contributed by atoms with Gasteiger partial charge in [-0.2, -0.15) is 0 Å². The molecule has 40 heavy (non-hydrogen) atoms. The first kappa shape index (κ1) is 30.1. The summed E-state index contributed by atoms with van der Waals surface area (Å²) in [5.41, 5.74) is 0. The minimum atomic E-state index is -2.08. The minimum absolute atomic E-state index is 1.44. The van der Waals surface area contributed by atoms with Gasteiger partial charge in [0, 0.05) is 19.5 Å². The van der Waals surface area contributed by atoms with Gasteiger partial charge in [-0.1, -0.05) is 116 Å². The van der Waals surface area contributed by atoms with Crippen LogP contribution in [-0.2, 0) is 0 Å². The standard InChI is InChI=1S/C30H46S4Si6/c1-35(2,3)23-15-19-27(31-23)28-20(16-24(32-28)36(4,5)6)40(14)22-18-26(38(10,11)12)34-30(22)29-21(39(19,40)13)17-25(33-29)37(7,8)9/h15-18H,1-14H3. The number of hydrogen-bond acceptors (Lipinski definition) is 4.